The van der Waals surface area contributed by atoms with E-state index in [-0.39, 0.29) is 22.6 Å². The van der Waals surface area contributed by atoms with Crippen molar-refractivity contribution in [1.82, 2.24) is 9.97 Å². The third kappa shape index (κ3) is 3.86. The average molecular weight is 526 g/mol. The number of nitrogens with zero attached hydrogens (tertiary/aromatic N) is 2. The Balaban J connectivity index is 1.85. The van der Waals surface area contributed by atoms with Crippen molar-refractivity contribution in [3.8, 4) is 10.7 Å². The van der Waals surface area contributed by atoms with E-state index in [0.29, 0.717) is 11.2 Å². The summed E-state index contributed by atoms with van der Waals surface area (Å²) in [5.74, 6) is 0. The Labute approximate surface area is 200 Å². The minimum Gasteiger partial charge on any atom is -0.351 e. The van der Waals surface area contributed by atoms with Crippen LogP contribution in [-0.4, -0.2) is 35.2 Å². The number of thiophene rings is 1. The summed E-state index contributed by atoms with van der Waals surface area (Å²) in [6, 6.07) is 8.70. The Bertz CT molecular complexity index is 1430. The average Bonchev–Trinajstić information content (AvgIpc) is 3.53. The minimum absolute atomic E-state index is 0.0780. The van der Waals surface area contributed by atoms with Crippen molar-refractivity contribution in [3.63, 3.8) is 0 Å². The molecule has 0 atom stereocenters. The van der Waals surface area contributed by atoms with Crippen molar-refractivity contribution >= 4 is 56.9 Å². The topological polar surface area (TPSA) is 124 Å². The maximum Gasteiger partial charge on any atom is 0.336 e. The van der Waals surface area contributed by atoms with Gasteiger partial charge in [-0.15, -0.1) is 22.7 Å². The molecule has 0 saturated carbocycles. The molecule has 4 rings (SSSR count). The normalized spacial score (nSPS) is 13.0. The second-order valence-corrected chi connectivity index (χ2v) is 13.3. The Morgan fingerprint density at radius 1 is 1.15 bits per heavy atom. The number of sulfonamides is 1. The zero-order valence-electron chi connectivity index (χ0n) is 18.2. The highest BCUT2D eigenvalue weighted by molar-refractivity contribution is 7.93. The third-order valence-electron chi connectivity index (χ3n) is 6.05. The monoisotopic (exact) mass is 525 g/mol. The van der Waals surface area contributed by atoms with E-state index in [4.69, 9.17) is 0 Å². The number of aromatic amines is 1. The predicted molar refractivity (Wildman–Crippen MR) is 134 cm³/mol. The van der Waals surface area contributed by atoms with Crippen LogP contribution < -0.4 is 4.31 Å². The fourth-order valence-electron chi connectivity index (χ4n) is 4.11. The standard InChI is InChI=1S/C21H24N3O5PS3/c1-4-21(5-2,30(25,26)27)19-17(9-11-31-19)33(28,29)24(3)16-8-6-7-14-13-15(23-18(14)16)20-22-10-12-32-20/h6-13,23H,4-5H2,1-3H3,(H2,25,26,27). The van der Waals surface area contributed by atoms with Crippen molar-refractivity contribution in [2.75, 3.05) is 11.4 Å². The van der Waals surface area contributed by atoms with Gasteiger partial charge in [-0.2, -0.15) is 0 Å². The molecular weight excluding hydrogens is 501 g/mol. The van der Waals surface area contributed by atoms with Gasteiger partial charge in [-0.05, 0) is 36.4 Å². The summed E-state index contributed by atoms with van der Waals surface area (Å²) in [5.41, 5.74) is 1.85. The van der Waals surface area contributed by atoms with Crippen LogP contribution >= 0.6 is 30.3 Å². The fourth-order valence-corrected chi connectivity index (χ4v) is 9.47. The van der Waals surface area contributed by atoms with E-state index < -0.39 is 22.8 Å². The van der Waals surface area contributed by atoms with Crippen LogP contribution in [0.2, 0.25) is 0 Å². The van der Waals surface area contributed by atoms with E-state index in [2.05, 4.69) is 9.97 Å². The molecular formula is C21H24N3O5PS3. The van der Waals surface area contributed by atoms with E-state index in [1.54, 1.807) is 37.6 Å². The zero-order valence-corrected chi connectivity index (χ0v) is 21.6. The Kier molecular flexibility index (Phi) is 6.32. The number of para-hydroxylation sites is 1. The maximum atomic E-state index is 13.8. The second kappa shape index (κ2) is 8.65. The lowest BCUT2D eigenvalue weighted by molar-refractivity contribution is 0.316. The van der Waals surface area contributed by atoms with E-state index in [1.807, 2.05) is 17.5 Å². The molecule has 8 nitrogen and oxygen atoms in total. The quantitative estimate of drug-likeness (QED) is 0.266. The molecule has 0 saturated heterocycles. The first-order chi connectivity index (χ1) is 15.6. The molecule has 12 heteroatoms. The zero-order chi connectivity index (χ0) is 24.0. The highest BCUT2D eigenvalue weighted by Crippen LogP contribution is 2.63. The van der Waals surface area contributed by atoms with Gasteiger partial charge >= 0.3 is 7.60 Å². The van der Waals surface area contributed by atoms with E-state index in [1.165, 1.54) is 28.8 Å². The van der Waals surface area contributed by atoms with Gasteiger partial charge < -0.3 is 14.8 Å². The van der Waals surface area contributed by atoms with Crippen LogP contribution in [0.15, 0.2) is 52.2 Å². The summed E-state index contributed by atoms with van der Waals surface area (Å²) in [6.07, 6.45) is 1.93. The van der Waals surface area contributed by atoms with Gasteiger partial charge in [-0.3, -0.25) is 8.87 Å². The van der Waals surface area contributed by atoms with Crippen molar-refractivity contribution < 1.29 is 22.8 Å². The molecule has 3 N–H and O–H groups in total. The molecule has 0 spiro atoms. The molecule has 4 aromatic rings. The number of H-pyrrole nitrogens is 1. The summed E-state index contributed by atoms with van der Waals surface area (Å²) in [6.45, 7) is 3.34. The van der Waals surface area contributed by atoms with Crippen LogP contribution in [0.4, 0.5) is 5.69 Å². The van der Waals surface area contributed by atoms with Gasteiger partial charge in [0.15, 0.2) is 0 Å². The number of rotatable bonds is 8. The van der Waals surface area contributed by atoms with E-state index >= 15 is 0 Å². The second-order valence-electron chi connectivity index (χ2n) is 7.63. The molecule has 0 aliphatic heterocycles. The fraction of sp³-hybridized carbons (Fsp3) is 0.286. The number of nitrogens with one attached hydrogen (secondary N) is 1. The lowest BCUT2D eigenvalue weighted by Gasteiger charge is -2.33. The molecule has 3 aromatic heterocycles. The van der Waals surface area contributed by atoms with Gasteiger partial charge in [-0.1, -0.05) is 26.0 Å². The largest absolute Gasteiger partial charge is 0.351 e. The summed E-state index contributed by atoms with van der Waals surface area (Å²) in [4.78, 5) is 28.1. The number of hydrogen-bond donors (Lipinski definition) is 3. The Hall–Kier alpha value is -2.01. The number of benzene rings is 1. The highest BCUT2D eigenvalue weighted by atomic mass is 32.2. The van der Waals surface area contributed by atoms with Gasteiger partial charge in [-0.25, -0.2) is 13.4 Å². The Morgan fingerprint density at radius 2 is 1.88 bits per heavy atom. The molecule has 176 valence electrons. The number of thiazole rings is 1. The smallest absolute Gasteiger partial charge is 0.336 e. The van der Waals surface area contributed by atoms with Gasteiger partial charge in [0.05, 0.1) is 16.9 Å². The molecule has 0 aliphatic rings. The first-order valence-electron chi connectivity index (χ1n) is 10.2. The van der Waals surface area contributed by atoms with Crippen LogP contribution in [0.25, 0.3) is 21.6 Å². The van der Waals surface area contributed by atoms with Crippen molar-refractivity contribution in [2.24, 2.45) is 0 Å². The minimum atomic E-state index is -4.64. The number of hydrogen-bond acceptors (Lipinski definition) is 6. The summed E-state index contributed by atoms with van der Waals surface area (Å²) < 4.78 is 41.2. The molecule has 33 heavy (non-hydrogen) atoms. The van der Waals surface area contributed by atoms with E-state index in [9.17, 15) is 22.8 Å². The van der Waals surface area contributed by atoms with Crippen LogP contribution in [-0.2, 0) is 19.7 Å². The van der Waals surface area contributed by atoms with Crippen LogP contribution in [0.5, 0.6) is 0 Å². The van der Waals surface area contributed by atoms with Crippen molar-refractivity contribution in [1.29, 1.82) is 0 Å². The summed E-state index contributed by atoms with van der Waals surface area (Å²) >= 11 is 2.54. The molecule has 0 unspecified atom stereocenters. The van der Waals surface area contributed by atoms with Crippen LogP contribution in [0.3, 0.4) is 0 Å². The molecule has 3 heterocycles. The lowest BCUT2D eigenvalue weighted by Crippen LogP contribution is -2.31. The van der Waals surface area contributed by atoms with Crippen molar-refractivity contribution in [2.45, 2.75) is 36.7 Å². The highest BCUT2D eigenvalue weighted by Gasteiger charge is 2.49. The molecule has 1 aromatic carbocycles. The molecule has 0 bridgehead atoms. The van der Waals surface area contributed by atoms with Gasteiger partial charge in [0, 0.05) is 28.9 Å². The van der Waals surface area contributed by atoms with E-state index in [0.717, 1.165) is 27.4 Å². The van der Waals surface area contributed by atoms with Crippen LogP contribution in [0, 0.1) is 0 Å². The van der Waals surface area contributed by atoms with Crippen molar-refractivity contribution in [3.05, 3.63) is 52.2 Å². The number of aromatic nitrogens is 2. The first-order valence-corrected chi connectivity index (χ1v) is 15.0. The van der Waals surface area contributed by atoms with Gasteiger partial charge in [0.25, 0.3) is 10.0 Å². The number of fused-ring (bicyclic) bond motifs is 1. The predicted octanol–water partition coefficient (Wildman–Crippen LogP) is 5.37. The number of anilines is 1. The summed E-state index contributed by atoms with van der Waals surface area (Å²) in [7, 11) is -7.30. The summed E-state index contributed by atoms with van der Waals surface area (Å²) in [5, 5.41) is 3.50. The van der Waals surface area contributed by atoms with Crippen LogP contribution in [0.1, 0.15) is 31.6 Å². The molecule has 0 fully saturated rings. The molecule has 0 amide bonds. The lowest BCUT2D eigenvalue weighted by atomic mass is 10.0. The third-order valence-corrected chi connectivity index (χ3v) is 12.0. The van der Waals surface area contributed by atoms with Gasteiger partial charge in [0.1, 0.15) is 15.1 Å². The maximum absolute atomic E-state index is 13.8. The molecule has 0 aliphatic carbocycles. The SMILES string of the molecule is CCC(CC)(c1sccc1S(=O)(=O)N(C)c1cccc2cc(-c3nccs3)[nH]c12)P(=O)(O)O. The van der Waals surface area contributed by atoms with Gasteiger partial charge in [0.2, 0.25) is 0 Å². The first kappa shape index (κ1) is 24.1. The molecule has 0 radical (unpaired) electrons. The Morgan fingerprint density at radius 3 is 2.48 bits per heavy atom.